The highest BCUT2D eigenvalue weighted by atomic mass is 35.5. The van der Waals surface area contributed by atoms with Gasteiger partial charge in [-0.3, -0.25) is 9.36 Å². The van der Waals surface area contributed by atoms with Crippen LogP contribution in [0.2, 0.25) is 5.02 Å². The molecule has 0 bridgehead atoms. The van der Waals surface area contributed by atoms with Crippen molar-refractivity contribution in [2.24, 2.45) is 7.05 Å². The maximum absolute atomic E-state index is 14.6. The van der Waals surface area contributed by atoms with Gasteiger partial charge in [0, 0.05) is 38.6 Å². The molecule has 3 rings (SSSR count). The molecule has 0 saturated carbocycles. The summed E-state index contributed by atoms with van der Waals surface area (Å²) in [6.07, 6.45) is -3.72. The summed E-state index contributed by atoms with van der Waals surface area (Å²) in [5.74, 6) is -3.23. The first-order valence-corrected chi connectivity index (χ1v) is 11.1. The van der Waals surface area contributed by atoms with E-state index in [-0.39, 0.29) is 37.6 Å². The van der Waals surface area contributed by atoms with Gasteiger partial charge in [-0.1, -0.05) is 11.6 Å². The predicted octanol–water partition coefficient (Wildman–Crippen LogP) is 4.04. The van der Waals surface area contributed by atoms with Gasteiger partial charge in [0.2, 0.25) is 0 Å². The Morgan fingerprint density at radius 2 is 1.79 bits per heavy atom. The number of rotatable bonds is 8. The van der Waals surface area contributed by atoms with E-state index in [1.54, 1.807) is 0 Å². The van der Waals surface area contributed by atoms with Gasteiger partial charge in [0.1, 0.15) is 17.3 Å². The van der Waals surface area contributed by atoms with E-state index < -0.39 is 47.2 Å². The van der Waals surface area contributed by atoms with Crippen molar-refractivity contribution in [2.45, 2.75) is 20.0 Å². The highest BCUT2D eigenvalue weighted by Gasteiger charge is 2.35. The molecular formula is C23H22ClF4N3O7. The molecule has 0 amide bonds. The second-order valence-corrected chi connectivity index (χ2v) is 7.56. The maximum atomic E-state index is 14.6. The number of nitrogens with zero attached hydrogens (tertiary/aromatic N) is 3. The number of carboxylic acid groups (broad SMARTS) is 1. The predicted molar refractivity (Wildman–Crippen MR) is 127 cm³/mol. The maximum Gasteiger partial charge on any atom is 0.431 e. The molecule has 1 N–H and O–H groups in total. The molecule has 1 aromatic carbocycles. The van der Waals surface area contributed by atoms with Crippen molar-refractivity contribution in [3.63, 3.8) is 0 Å². The van der Waals surface area contributed by atoms with Gasteiger partial charge >= 0.3 is 17.8 Å². The Hall–Kier alpha value is -3.91. The molecule has 206 valence electrons. The molecule has 0 spiro atoms. The Kier molecular flexibility index (Phi) is 10.4. The summed E-state index contributed by atoms with van der Waals surface area (Å²) < 4.78 is 69.4. The number of ether oxygens (including phenoxy) is 3. The zero-order valence-electron chi connectivity index (χ0n) is 20.2. The fourth-order valence-electron chi connectivity index (χ4n) is 2.90. The molecule has 38 heavy (non-hydrogen) atoms. The molecular weight excluding hydrogens is 542 g/mol. The molecule has 0 aliphatic carbocycles. The van der Waals surface area contributed by atoms with Crippen molar-refractivity contribution in [2.75, 3.05) is 19.8 Å². The van der Waals surface area contributed by atoms with Crippen LogP contribution in [0.5, 0.6) is 17.4 Å². The summed E-state index contributed by atoms with van der Waals surface area (Å²) in [6, 6.07) is 4.37. The molecule has 0 fully saturated rings. The van der Waals surface area contributed by atoms with E-state index >= 15 is 0 Å². The molecule has 15 heteroatoms. The van der Waals surface area contributed by atoms with Gasteiger partial charge in [0.25, 0.3) is 11.4 Å². The standard InChI is InChI=1S/C19H12ClF4N3O6.C4H10O/c1-26-14(19(22,23)24)7-15(28)27(18(26)31)11-6-13(9(20)5-10(11)21)33-12-3-2-4-25-17(12)32-8-16(29)30;1-3-5-4-2/h2-7H,8H2,1H3,(H,29,30);3-4H2,1-2H3. The molecule has 2 heterocycles. The second kappa shape index (κ2) is 13.1. The number of halogens is 5. The molecule has 10 nitrogen and oxygen atoms in total. The summed E-state index contributed by atoms with van der Waals surface area (Å²) in [4.78, 5) is 39.3. The highest BCUT2D eigenvalue weighted by molar-refractivity contribution is 6.32. The number of alkyl halides is 3. The van der Waals surface area contributed by atoms with Gasteiger partial charge in [-0.05, 0) is 32.0 Å². The van der Waals surface area contributed by atoms with Gasteiger partial charge in [-0.2, -0.15) is 13.2 Å². The number of aromatic nitrogens is 3. The molecule has 0 atom stereocenters. The van der Waals surface area contributed by atoms with Crippen LogP contribution in [0.1, 0.15) is 19.5 Å². The van der Waals surface area contributed by atoms with Crippen LogP contribution in [0, 0.1) is 5.82 Å². The van der Waals surface area contributed by atoms with Crippen LogP contribution < -0.4 is 20.7 Å². The number of pyridine rings is 1. The zero-order chi connectivity index (χ0) is 28.6. The highest BCUT2D eigenvalue weighted by Crippen LogP contribution is 2.36. The van der Waals surface area contributed by atoms with E-state index in [1.165, 1.54) is 18.3 Å². The first-order valence-electron chi connectivity index (χ1n) is 10.8. The van der Waals surface area contributed by atoms with Crippen molar-refractivity contribution < 1.29 is 41.7 Å². The monoisotopic (exact) mass is 563 g/mol. The average Bonchev–Trinajstić information content (AvgIpc) is 2.83. The lowest BCUT2D eigenvalue weighted by Crippen LogP contribution is -2.41. The topological polar surface area (TPSA) is 122 Å². The first-order chi connectivity index (χ1) is 17.8. The number of aliphatic carboxylic acids is 1. The molecule has 2 aromatic heterocycles. The van der Waals surface area contributed by atoms with Crippen LogP contribution in [-0.2, 0) is 22.8 Å². The van der Waals surface area contributed by atoms with E-state index in [1.807, 2.05) is 13.8 Å². The van der Waals surface area contributed by atoms with Crippen LogP contribution in [0.4, 0.5) is 17.6 Å². The molecule has 0 aliphatic heterocycles. The summed E-state index contributed by atoms with van der Waals surface area (Å²) in [6.45, 7) is 4.91. The summed E-state index contributed by atoms with van der Waals surface area (Å²) in [5.41, 5.74) is -5.15. The quantitative estimate of drug-likeness (QED) is 0.408. The van der Waals surface area contributed by atoms with Gasteiger partial charge in [0.15, 0.2) is 12.4 Å². The smallest absolute Gasteiger partial charge is 0.431 e. The Morgan fingerprint density at radius 3 is 2.34 bits per heavy atom. The lowest BCUT2D eigenvalue weighted by molar-refractivity contribution is -0.144. The number of carbonyl (C=O) groups is 1. The third-order valence-corrected chi connectivity index (χ3v) is 4.84. The molecule has 0 radical (unpaired) electrons. The summed E-state index contributed by atoms with van der Waals surface area (Å²) >= 11 is 5.97. The normalized spacial score (nSPS) is 10.9. The van der Waals surface area contributed by atoms with E-state index in [9.17, 15) is 31.9 Å². The number of hydrogen-bond acceptors (Lipinski definition) is 7. The van der Waals surface area contributed by atoms with Gasteiger partial charge in [0.05, 0.1) is 10.7 Å². The summed E-state index contributed by atoms with van der Waals surface area (Å²) in [7, 11) is 0.772. The van der Waals surface area contributed by atoms with E-state index in [2.05, 4.69) is 4.98 Å². The van der Waals surface area contributed by atoms with Crippen LogP contribution in [0.15, 0.2) is 46.1 Å². The van der Waals surface area contributed by atoms with Crippen molar-refractivity contribution in [3.8, 4) is 23.1 Å². The van der Waals surface area contributed by atoms with Gasteiger partial charge in [-0.15, -0.1) is 0 Å². The minimum atomic E-state index is -4.99. The van der Waals surface area contributed by atoms with Crippen molar-refractivity contribution in [3.05, 3.63) is 73.9 Å². The first kappa shape index (κ1) is 30.3. The fraction of sp³-hybridized carbons (Fsp3) is 0.304. The third-order valence-electron chi connectivity index (χ3n) is 4.55. The minimum Gasteiger partial charge on any atom is -0.479 e. The second-order valence-electron chi connectivity index (χ2n) is 7.15. The molecule has 3 aromatic rings. The average molecular weight is 564 g/mol. The van der Waals surface area contributed by atoms with Crippen LogP contribution in [0.3, 0.4) is 0 Å². The Labute approximate surface area is 217 Å². The van der Waals surface area contributed by atoms with Gasteiger partial charge < -0.3 is 19.3 Å². The molecule has 0 saturated heterocycles. The van der Waals surface area contributed by atoms with Crippen LogP contribution in [-0.4, -0.2) is 45.0 Å². The van der Waals surface area contributed by atoms with E-state index in [0.29, 0.717) is 6.07 Å². The Bertz CT molecular complexity index is 1410. The SMILES string of the molecule is CCOCC.Cn1c(C(F)(F)F)cc(=O)n(-c2cc(Oc3cccnc3OCC(=O)O)c(Cl)cc2F)c1=O. The van der Waals surface area contributed by atoms with Crippen molar-refractivity contribution in [1.82, 2.24) is 14.1 Å². The lowest BCUT2D eigenvalue weighted by Gasteiger charge is -2.16. The van der Waals surface area contributed by atoms with Crippen LogP contribution >= 0.6 is 11.6 Å². The third kappa shape index (κ3) is 7.55. The Morgan fingerprint density at radius 1 is 1.13 bits per heavy atom. The van der Waals surface area contributed by atoms with Crippen molar-refractivity contribution in [1.29, 1.82) is 0 Å². The molecule has 0 aliphatic rings. The zero-order valence-corrected chi connectivity index (χ0v) is 21.0. The fourth-order valence-corrected chi connectivity index (χ4v) is 3.09. The number of benzene rings is 1. The van der Waals surface area contributed by atoms with Crippen molar-refractivity contribution >= 4 is 17.6 Å². The minimum absolute atomic E-state index is 0.147. The van der Waals surface area contributed by atoms with Gasteiger partial charge in [-0.25, -0.2) is 23.5 Å². The van der Waals surface area contributed by atoms with Crippen LogP contribution in [0.25, 0.3) is 5.69 Å². The number of carboxylic acids is 1. The lowest BCUT2D eigenvalue weighted by atomic mass is 10.2. The largest absolute Gasteiger partial charge is 0.479 e. The van der Waals surface area contributed by atoms with E-state index in [0.717, 1.165) is 26.3 Å². The van der Waals surface area contributed by atoms with E-state index in [4.69, 9.17) is 30.9 Å². The summed E-state index contributed by atoms with van der Waals surface area (Å²) in [5, 5.41) is 8.41. The number of hydrogen-bond donors (Lipinski definition) is 1. The molecule has 0 unspecified atom stereocenters. The Balaban J connectivity index is 0.000000926.